The summed E-state index contributed by atoms with van der Waals surface area (Å²) in [6, 6.07) is 5.81. The number of piperidine rings is 1. The van der Waals surface area contributed by atoms with Gasteiger partial charge in [0.25, 0.3) is 0 Å². The molecule has 1 unspecified atom stereocenters. The van der Waals surface area contributed by atoms with Crippen LogP contribution in [0.15, 0.2) is 18.2 Å². The van der Waals surface area contributed by atoms with E-state index in [1.54, 1.807) is 6.07 Å². The molecule has 1 saturated heterocycles. The second-order valence-electron chi connectivity index (χ2n) is 5.97. The van der Waals surface area contributed by atoms with Gasteiger partial charge in [-0.15, -0.1) is 0 Å². The lowest BCUT2D eigenvalue weighted by Crippen LogP contribution is -2.35. The molecule has 1 heterocycles. The third-order valence-electron chi connectivity index (χ3n) is 3.78. The maximum atomic E-state index is 14.1. The average molecular weight is 264 g/mol. The predicted molar refractivity (Wildman–Crippen MR) is 79.0 cm³/mol. The molecule has 2 rings (SSSR count). The van der Waals surface area contributed by atoms with Crippen LogP contribution in [0.25, 0.3) is 0 Å². The molecule has 0 radical (unpaired) electrons. The molecule has 106 valence electrons. The van der Waals surface area contributed by atoms with Crippen LogP contribution in [0.5, 0.6) is 0 Å². The first-order chi connectivity index (χ1) is 9.08. The van der Waals surface area contributed by atoms with Crippen molar-refractivity contribution >= 4 is 5.69 Å². The van der Waals surface area contributed by atoms with Crippen molar-refractivity contribution in [3.8, 4) is 0 Å². The Balaban J connectivity index is 2.20. The van der Waals surface area contributed by atoms with Gasteiger partial charge < -0.3 is 10.2 Å². The fraction of sp³-hybridized carbons (Fsp3) is 0.625. The van der Waals surface area contributed by atoms with Crippen molar-refractivity contribution in [2.24, 2.45) is 5.92 Å². The highest BCUT2D eigenvalue weighted by Gasteiger charge is 2.20. The summed E-state index contributed by atoms with van der Waals surface area (Å²) < 4.78 is 14.1. The molecule has 0 spiro atoms. The molecule has 19 heavy (non-hydrogen) atoms. The van der Waals surface area contributed by atoms with E-state index in [1.165, 1.54) is 12.8 Å². The van der Waals surface area contributed by atoms with Crippen LogP contribution in [0.4, 0.5) is 10.1 Å². The second kappa shape index (κ2) is 6.38. The van der Waals surface area contributed by atoms with Gasteiger partial charge in [-0.1, -0.05) is 26.8 Å². The van der Waals surface area contributed by atoms with Gasteiger partial charge in [-0.05, 0) is 30.9 Å². The van der Waals surface area contributed by atoms with Crippen LogP contribution >= 0.6 is 0 Å². The fourth-order valence-corrected chi connectivity index (χ4v) is 2.73. The number of anilines is 1. The number of hydrogen-bond donors (Lipinski definition) is 1. The monoisotopic (exact) mass is 264 g/mol. The van der Waals surface area contributed by atoms with Crippen molar-refractivity contribution in [2.45, 2.75) is 46.2 Å². The topological polar surface area (TPSA) is 15.3 Å². The first-order valence-corrected chi connectivity index (χ1v) is 7.33. The predicted octanol–water partition coefficient (Wildman–Crippen LogP) is 3.56. The molecule has 0 amide bonds. The first-order valence-electron chi connectivity index (χ1n) is 7.33. The molecule has 0 aliphatic carbocycles. The minimum absolute atomic E-state index is 0.0936. The van der Waals surface area contributed by atoms with E-state index in [9.17, 15) is 4.39 Å². The lowest BCUT2D eigenvalue weighted by atomic mass is 9.98. The van der Waals surface area contributed by atoms with Crippen LogP contribution < -0.4 is 10.2 Å². The maximum Gasteiger partial charge on any atom is 0.129 e. The summed E-state index contributed by atoms with van der Waals surface area (Å²) in [6.07, 6.45) is 2.49. The zero-order valence-electron chi connectivity index (χ0n) is 12.2. The maximum absolute atomic E-state index is 14.1. The smallest absolute Gasteiger partial charge is 0.129 e. The van der Waals surface area contributed by atoms with E-state index in [4.69, 9.17) is 0 Å². The van der Waals surface area contributed by atoms with Gasteiger partial charge in [0.2, 0.25) is 0 Å². The minimum Gasteiger partial charge on any atom is -0.371 e. The van der Waals surface area contributed by atoms with E-state index < -0.39 is 0 Å². The Morgan fingerprint density at radius 3 is 2.89 bits per heavy atom. The Kier molecular flexibility index (Phi) is 4.81. The van der Waals surface area contributed by atoms with Crippen molar-refractivity contribution < 1.29 is 4.39 Å². The molecule has 1 N–H and O–H groups in total. The molecular formula is C16H25FN2. The summed E-state index contributed by atoms with van der Waals surface area (Å²) in [5.74, 6) is 0.604. The van der Waals surface area contributed by atoms with E-state index in [0.717, 1.165) is 24.3 Å². The van der Waals surface area contributed by atoms with Gasteiger partial charge in [0, 0.05) is 36.9 Å². The molecule has 3 heteroatoms. The van der Waals surface area contributed by atoms with Crippen LogP contribution in [0.3, 0.4) is 0 Å². The van der Waals surface area contributed by atoms with Crippen LogP contribution in [0, 0.1) is 11.7 Å². The number of benzene rings is 1. The van der Waals surface area contributed by atoms with E-state index in [2.05, 4.69) is 37.1 Å². The Labute approximate surface area is 116 Å². The summed E-state index contributed by atoms with van der Waals surface area (Å²) in [6.45, 7) is 9.13. The van der Waals surface area contributed by atoms with Gasteiger partial charge in [0.05, 0.1) is 0 Å². The van der Waals surface area contributed by atoms with Crippen molar-refractivity contribution in [3.63, 3.8) is 0 Å². The summed E-state index contributed by atoms with van der Waals surface area (Å²) in [5, 5.41) is 3.33. The quantitative estimate of drug-likeness (QED) is 0.894. The second-order valence-corrected chi connectivity index (χ2v) is 5.97. The summed E-state index contributed by atoms with van der Waals surface area (Å²) in [7, 11) is 0. The lowest BCUT2D eigenvalue weighted by Gasteiger charge is -2.34. The van der Waals surface area contributed by atoms with Crippen molar-refractivity contribution in [1.29, 1.82) is 0 Å². The average Bonchev–Trinajstić information content (AvgIpc) is 2.37. The highest BCUT2D eigenvalue weighted by molar-refractivity contribution is 5.54. The van der Waals surface area contributed by atoms with E-state index in [-0.39, 0.29) is 5.82 Å². The largest absolute Gasteiger partial charge is 0.371 e. The van der Waals surface area contributed by atoms with Crippen molar-refractivity contribution in [3.05, 3.63) is 29.6 Å². The van der Waals surface area contributed by atoms with Crippen LogP contribution in [-0.2, 0) is 6.54 Å². The van der Waals surface area contributed by atoms with Crippen molar-refractivity contribution in [1.82, 2.24) is 5.32 Å². The molecular weight excluding hydrogens is 239 g/mol. The lowest BCUT2D eigenvalue weighted by molar-refractivity contribution is 0.444. The van der Waals surface area contributed by atoms with Crippen LogP contribution in [0.1, 0.15) is 39.2 Å². The normalized spacial score (nSPS) is 20.1. The molecule has 1 atom stereocenters. The Hall–Kier alpha value is -1.09. The van der Waals surface area contributed by atoms with E-state index >= 15 is 0 Å². The Morgan fingerprint density at radius 1 is 1.42 bits per heavy atom. The molecule has 1 aliphatic heterocycles. The number of nitrogens with one attached hydrogen (secondary N) is 1. The standard InChI is InChI=1S/C16H25FN2/c1-12(2)18-10-14-15(17)7-4-8-16(14)19-9-5-6-13(3)11-19/h4,7-8,12-13,18H,5-6,9-11H2,1-3H3. The zero-order valence-corrected chi connectivity index (χ0v) is 12.2. The number of hydrogen-bond acceptors (Lipinski definition) is 2. The molecule has 1 fully saturated rings. The number of halogens is 1. The summed E-state index contributed by atoms with van der Waals surface area (Å²) in [5.41, 5.74) is 1.88. The van der Waals surface area contributed by atoms with Gasteiger partial charge in [0.15, 0.2) is 0 Å². The van der Waals surface area contributed by atoms with Crippen LogP contribution in [0.2, 0.25) is 0 Å². The molecule has 1 aromatic rings. The third-order valence-corrected chi connectivity index (χ3v) is 3.78. The van der Waals surface area contributed by atoms with Gasteiger partial charge in [0.1, 0.15) is 5.82 Å². The molecule has 2 nitrogen and oxygen atoms in total. The molecule has 0 bridgehead atoms. The highest BCUT2D eigenvalue weighted by atomic mass is 19.1. The number of rotatable bonds is 4. The zero-order chi connectivity index (χ0) is 13.8. The summed E-state index contributed by atoms with van der Waals surface area (Å²) in [4.78, 5) is 2.34. The first kappa shape index (κ1) is 14.3. The fourth-order valence-electron chi connectivity index (χ4n) is 2.73. The van der Waals surface area contributed by atoms with E-state index in [1.807, 2.05) is 6.07 Å². The third kappa shape index (κ3) is 3.69. The summed E-state index contributed by atoms with van der Waals surface area (Å²) >= 11 is 0. The SMILES string of the molecule is CC1CCCN(c2cccc(F)c2CNC(C)C)C1. The van der Waals surface area contributed by atoms with E-state index in [0.29, 0.717) is 18.5 Å². The Bertz CT molecular complexity index is 417. The molecule has 0 aromatic heterocycles. The van der Waals surface area contributed by atoms with Crippen molar-refractivity contribution in [2.75, 3.05) is 18.0 Å². The molecule has 1 aromatic carbocycles. The Morgan fingerprint density at radius 2 is 2.21 bits per heavy atom. The molecule has 0 saturated carbocycles. The van der Waals surface area contributed by atoms with Gasteiger partial charge in [-0.3, -0.25) is 0 Å². The van der Waals surface area contributed by atoms with Gasteiger partial charge in [-0.25, -0.2) is 4.39 Å². The van der Waals surface area contributed by atoms with Gasteiger partial charge >= 0.3 is 0 Å². The van der Waals surface area contributed by atoms with Crippen LogP contribution in [-0.4, -0.2) is 19.1 Å². The van der Waals surface area contributed by atoms with Gasteiger partial charge in [-0.2, -0.15) is 0 Å². The molecule has 1 aliphatic rings. The minimum atomic E-state index is -0.0936. The number of nitrogens with zero attached hydrogens (tertiary/aromatic N) is 1. The highest BCUT2D eigenvalue weighted by Crippen LogP contribution is 2.28.